The van der Waals surface area contributed by atoms with Gasteiger partial charge in [-0.3, -0.25) is 4.79 Å². The van der Waals surface area contributed by atoms with Crippen LogP contribution in [0.5, 0.6) is 0 Å². The number of fused-ring (bicyclic) bond motifs is 1. The quantitative estimate of drug-likeness (QED) is 0.751. The van der Waals surface area contributed by atoms with Crippen LogP contribution in [-0.4, -0.2) is 44.0 Å². The summed E-state index contributed by atoms with van der Waals surface area (Å²) in [6.45, 7) is 1.08. The number of aromatic nitrogens is 5. The normalized spacial score (nSPS) is 14.6. The molecule has 1 aromatic carbocycles. The van der Waals surface area contributed by atoms with Crippen molar-refractivity contribution in [2.45, 2.75) is 0 Å². The maximum absolute atomic E-state index is 12.4. The van der Waals surface area contributed by atoms with Gasteiger partial charge < -0.3 is 10.2 Å². The molecule has 3 heterocycles. The van der Waals surface area contributed by atoms with Gasteiger partial charge in [0.2, 0.25) is 5.91 Å². The maximum atomic E-state index is 12.4. The lowest BCUT2D eigenvalue weighted by molar-refractivity contribution is -0.120. The first-order chi connectivity index (χ1) is 12.0. The van der Waals surface area contributed by atoms with Crippen molar-refractivity contribution in [3.8, 4) is 0 Å². The van der Waals surface area contributed by atoms with Crippen LogP contribution in [0, 0.1) is 5.92 Å². The van der Waals surface area contributed by atoms with Crippen molar-refractivity contribution in [2.24, 2.45) is 13.0 Å². The van der Waals surface area contributed by atoms with Crippen LogP contribution in [0.25, 0.3) is 11.2 Å². The standard InChI is InChI=1S/C15H13Cl2N7O/c1-23-13-12(21-22-23)14(19-7-18-13)24-5-8(6-24)15(25)20-11-3-2-9(16)4-10(11)17/h2-4,7-8H,5-6H2,1H3,(H,20,25). The summed E-state index contributed by atoms with van der Waals surface area (Å²) in [6.07, 6.45) is 1.47. The molecule has 0 atom stereocenters. The molecule has 0 aliphatic carbocycles. The molecule has 0 spiro atoms. The van der Waals surface area contributed by atoms with Crippen molar-refractivity contribution < 1.29 is 4.79 Å². The number of hydrogen-bond donors (Lipinski definition) is 1. The Balaban J connectivity index is 1.45. The Morgan fingerprint density at radius 1 is 1.28 bits per heavy atom. The van der Waals surface area contributed by atoms with Crippen LogP contribution in [0.4, 0.5) is 11.5 Å². The second-order valence-corrected chi connectivity index (χ2v) is 6.64. The fraction of sp³-hybridized carbons (Fsp3) is 0.267. The van der Waals surface area contributed by atoms with E-state index in [0.29, 0.717) is 45.8 Å². The number of carbonyl (C=O) groups excluding carboxylic acids is 1. The second kappa shape index (κ2) is 6.12. The Hall–Kier alpha value is -2.45. The van der Waals surface area contributed by atoms with E-state index in [1.165, 1.54) is 6.33 Å². The van der Waals surface area contributed by atoms with Gasteiger partial charge in [0.1, 0.15) is 6.33 Å². The van der Waals surface area contributed by atoms with Crippen LogP contribution in [0.2, 0.25) is 10.0 Å². The van der Waals surface area contributed by atoms with Gasteiger partial charge in [0.15, 0.2) is 17.0 Å². The van der Waals surface area contributed by atoms with Gasteiger partial charge in [0, 0.05) is 25.2 Å². The number of nitrogens with zero attached hydrogens (tertiary/aromatic N) is 6. The number of aryl methyl sites for hydroxylation is 1. The second-order valence-electron chi connectivity index (χ2n) is 5.80. The molecule has 0 radical (unpaired) electrons. The number of amides is 1. The van der Waals surface area contributed by atoms with Crippen molar-refractivity contribution in [2.75, 3.05) is 23.3 Å². The number of nitrogens with one attached hydrogen (secondary N) is 1. The van der Waals surface area contributed by atoms with Gasteiger partial charge in [0.05, 0.1) is 16.6 Å². The average Bonchev–Trinajstić information content (AvgIpc) is 2.91. The molecule has 1 saturated heterocycles. The largest absolute Gasteiger partial charge is 0.353 e. The van der Waals surface area contributed by atoms with Gasteiger partial charge in [-0.25, -0.2) is 14.6 Å². The molecule has 1 amide bonds. The molecule has 10 heteroatoms. The van der Waals surface area contributed by atoms with Gasteiger partial charge in [0.25, 0.3) is 0 Å². The topological polar surface area (TPSA) is 88.8 Å². The molecule has 3 aromatic rings. The molecule has 2 aromatic heterocycles. The van der Waals surface area contributed by atoms with Crippen LogP contribution >= 0.6 is 23.2 Å². The minimum Gasteiger partial charge on any atom is -0.353 e. The number of carbonyl (C=O) groups is 1. The molecule has 0 bridgehead atoms. The minimum absolute atomic E-state index is 0.0927. The summed E-state index contributed by atoms with van der Waals surface area (Å²) < 4.78 is 1.59. The smallest absolute Gasteiger partial charge is 0.231 e. The molecular formula is C15H13Cl2N7O. The monoisotopic (exact) mass is 377 g/mol. The summed E-state index contributed by atoms with van der Waals surface area (Å²) in [4.78, 5) is 22.8. The predicted molar refractivity (Wildman–Crippen MR) is 94.9 cm³/mol. The van der Waals surface area contributed by atoms with Crippen molar-refractivity contribution in [3.63, 3.8) is 0 Å². The highest BCUT2D eigenvalue weighted by Crippen LogP contribution is 2.30. The first-order valence-electron chi connectivity index (χ1n) is 7.54. The molecule has 1 aliphatic rings. The number of rotatable bonds is 3. The van der Waals surface area contributed by atoms with Gasteiger partial charge in [-0.2, -0.15) is 0 Å². The molecule has 1 fully saturated rings. The van der Waals surface area contributed by atoms with Crippen molar-refractivity contribution in [1.82, 2.24) is 25.0 Å². The highest BCUT2D eigenvalue weighted by atomic mass is 35.5. The van der Waals surface area contributed by atoms with E-state index >= 15 is 0 Å². The van der Waals surface area contributed by atoms with Gasteiger partial charge in [-0.05, 0) is 18.2 Å². The summed E-state index contributed by atoms with van der Waals surface area (Å²) in [5.41, 5.74) is 1.84. The van der Waals surface area contributed by atoms with Crippen molar-refractivity contribution >= 4 is 51.8 Å². The average molecular weight is 378 g/mol. The number of hydrogen-bond acceptors (Lipinski definition) is 6. The molecule has 25 heavy (non-hydrogen) atoms. The molecule has 128 valence electrons. The molecule has 1 N–H and O–H groups in total. The fourth-order valence-electron chi connectivity index (χ4n) is 2.72. The Labute approximate surface area is 152 Å². The lowest BCUT2D eigenvalue weighted by Gasteiger charge is -2.38. The van der Waals surface area contributed by atoms with Gasteiger partial charge in [-0.1, -0.05) is 28.4 Å². The fourth-order valence-corrected chi connectivity index (χ4v) is 3.17. The van der Waals surface area contributed by atoms with E-state index in [4.69, 9.17) is 23.2 Å². The zero-order valence-electron chi connectivity index (χ0n) is 13.1. The third-order valence-corrected chi connectivity index (χ3v) is 4.66. The Bertz CT molecular complexity index is 968. The summed E-state index contributed by atoms with van der Waals surface area (Å²) >= 11 is 11.9. The molecule has 1 aliphatic heterocycles. The lowest BCUT2D eigenvalue weighted by atomic mass is 9.99. The predicted octanol–water partition coefficient (Wildman–Crippen LogP) is 2.14. The summed E-state index contributed by atoms with van der Waals surface area (Å²) in [5, 5.41) is 11.8. The molecule has 4 rings (SSSR count). The highest BCUT2D eigenvalue weighted by molar-refractivity contribution is 6.36. The van der Waals surface area contributed by atoms with Crippen LogP contribution in [0.3, 0.4) is 0 Å². The van der Waals surface area contributed by atoms with Gasteiger partial charge >= 0.3 is 0 Å². The number of halogens is 2. The zero-order valence-corrected chi connectivity index (χ0v) is 14.7. The molecule has 0 saturated carbocycles. The Morgan fingerprint density at radius 3 is 2.84 bits per heavy atom. The van der Waals surface area contributed by atoms with E-state index in [1.807, 2.05) is 4.90 Å². The highest BCUT2D eigenvalue weighted by Gasteiger charge is 2.35. The zero-order chi connectivity index (χ0) is 17.6. The van der Waals surface area contributed by atoms with E-state index in [2.05, 4.69) is 25.6 Å². The first kappa shape index (κ1) is 16.0. The molecule has 8 nitrogen and oxygen atoms in total. The Kier molecular flexibility index (Phi) is 3.93. The van der Waals surface area contributed by atoms with E-state index in [-0.39, 0.29) is 11.8 Å². The first-order valence-corrected chi connectivity index (χ1v) is 8.30. The van der Waals surface area contributed by atoms with E-state index in [9.17, 15) is 4.79 Å². The molecule has 0 unspecified atom stereocenters. The van der Waals surface area contributed by atoms with E-state index in [1.54, 1.807) is 29.9 Å². The maximum Gasteiger partial charge on any atom is 0.231 e. The summed E-state index contributed by atoms with van der Waals surface area (Å²) in [5.74, 6) is 0.435. The van der Waals surface area contributed by atoms with Crippen molar-refractivity contribution in [3.05, 3.63) is 34.6 Å². The van der Waals surface area contributed by atoms with Gasteiger partial charge in [-0.15, -0.1) is 5.10 Å². The minimum atomic E-state index is -0.159. The molecular weight excluding hydrogens is 365 g/mol. The van der Waals surface area contributed by atoms with Crippen molar-refractivity contribution in [1.29, 1.82) is 0 Å². The number of benzene rings is 1. The van der Waals surface area contributed by atoms with Crippen LogP contribution in [-0.2, 0) is 11.8 Å². The Morgan fingerprint density at radius 2 is 2.08 bits per heavy atom. The van der Waals surface area contributed by atoms with Crippen LogP contribution in [0.15, 0.2) is 24.5 Å². The third-order valence-electron chi connectivity index (χ3n) is 4.11. The summed E-state index contributed by atoms with van der Waals surface area (Å²) in [6, 6.07) is 4.96. The van der Waals surface area contributed by atoms with E-state index in [0.717, 1.165) is 0 Å². The third kappa shape index (κ3) is 2.87. The summed E-state index contributed by atoms with van der Waals surface area (Å²) in [7, 11) is 1.77. The van der Waals surface area contributed by atoms with Crippen LogP contribution < -0.4 is 10.2 Å². The SMILES string of the molecule is Cn1nnc2c(N3CC(C(=O)Nc4ccc(Cl)cc4Cl)C3)ncnc21. The lowest BCUT2D eigenvalue weighted by Crippen LogP contribution is -2.52. The van der Waals surface area contributed by atoms with E-state index < -0.39 is 0 Å². The van der Waals surface area contributed by atoms with Crippen LogP contribution in [0.1, 0.15) is 0 Å². The number of anilines is 2.